The Bertz CT molecular complexity index is 814. The number of rotatable bonds is 4. The number of nitrogens with zero attached hydrogens (tertiary/aromatic N) is 3. The Hall–Kier alpha value is -2.77. The van der Waals surface area contributed by atoms with Gasteiger partial charge in [0, 0.05) is 25.3 Å². The van der Waals surface area contributed by atoms with E-state index in [-0.39, 0.29) is 37.0 Å². The zero-order valence-electron chi connectivity index (χ0n) is 19.0. The zero-order valence-corrected chi connectivity index (χ0v) is 19.0. The van der Waals surface area contributed by atoms with Crippen molar-refractivity contribution in [2.24, 2.45) is 0 Å². The highest BCUT2D eigenvalue weighted by molar-refractivity contribution is 5.87. The molecule has 1 saturated heterocycles. The molecule has 2 aliphatic heterocycles. The van der Waals surface area contributed by atoms with Gasteiger partial charge in [0.05, 0.1) is 25.7 Å². The van der Waals surface area contributed by atoms with Crippen LogP contribution in [0.1, 0.15) is 46.1 Å². The van der Waals surface area contributed by atoms with E-state index in [1.165, 1.54) is 0 Å². The summed E-state index contributed by atoms with van der Waals surface area (Å²) in [6.45, 7) is 10.1. The van der Waals surface area contributed by atoms with Gasteiger partial charge in [-0.15, -0.1) is 0 Å². The summed E-state index contributed by atoms with van der Waals surface area (Å²) >= 11 is 0. The van der Waals surface area contributed by atoms with Crippen molar-refractivity contribution in [2.75, 3.05) is 37.6 Å². The largest absolute Gasteiger partial charge is 0.444 e. The number of benzene rings is 1. The van der Waals surface area contributed by atoms with E-state index in [9.17, 15) is 14.4 Å². The second-order valence-corrected chi connectivity index (χ2v) is 9.33. The van der Waals surface area contributed by atoms with Gasteiger partial charge in [0.1, 0.15) is 5.60 Å². The Morgan fingerprint density at radius 1 is 1.13 bits per heavy atom. The zero-order chi connectivity index (χ0) is 22.6. The number of nitrogens with one attached hydrogen (secondary N) is 1. The fourth-order valence-electron chi connectivity index (χ4n) is 4.00. The van der Waals surface area contributed by atoms with E-state index in [0.29, 0.717) is 13.1 Å². The molecule has 1 aromatic carbocycles. The maximum Gasteiger partial charge on any atom is 0.410 e. The molecular weight excluding hydrogens is 396 g/mol. The summed E-state index contributed by atoms with van der Waals surface area (Å²) in [7, 11) is 0. The molecule has 8 nitrogen and oxygen atoms in total. The minimum absolute atomic E-state index is 0.0217. The second-order valence-electron chi connectivity index (χ2n) is 9.33. The second kappa shape index (κ2) is 9.58. The first-order valence-electron chi connectivity index (χ1n) is 11.0. The summed E-state index contributed by atoms with van der Waals surface area (Å²) in [4.78, 5) is 43.1. The Morgan fingerprint density at radius 2 is 1.81 bits per heavy atom. The van der Waals surface area contributed by atoms with Gasteiger partial charge in [0.25, 0.3) is 0 Å². The standard InChI is InChI=1S/C23H34N4O4/c1-17-14-26(16-20(28)24-13-21(29)25-11-7-8-12-25)19-10-6-5-9-18(19)15-27(17)22(30)31-23(2,3)4/h5-6,9-10,17H,7-8,11-16H2,1-4H3,(H,24,28)/t17-/m0/s1. The first-order chi connectivity index (χ1) is 14.6. The maximum atomic E-state index is 12.8. The van der Waals surface area contributed by atoms with Gasteiger partial charge < -0.3 is 19.9 Å². The minimum atomic E-state index is -0.579. The monoisotopic (exact) mass is 430 g/mol. The molecule has 31 heavy (non-hydrogen) atoms. The van der Waals surface area contributed by atoms with E-state index in [0.717, 1.165) is 37.2 Å². The maximum absolute atomic E-state index is 12.8. The van der Waals surface area contributed by atoms with Crippen LogP contribution in [0.2, 0.25) is 0 Å². The summed E-state index contributed by atoms with van der Waals surface area (Å²) in [5, 5.41) is 2.76. The highest BCUT2D eigenvalue weighted by Crippen LogP contribution is 2.28. The number of fused-ring (bicyclic) bond motifs is 1. The lowest BCUT2D eigenvalue weighted by atomic mass is 10.1. The molecular formula is C23H34N4O4. The summed E-state index contributed by atoms with van der Waals surface area (Å²) in [5.41, 5.74) is 1.30. The van der Waals surface area contributed by atoms with E-state index < -0.39 is 5.60 Å². The van der Waals surface area contributed by atoms with Gasteiger partial charge in [-0.05, 0) is 52.2 Å². The molecule has 1 atom stereocenters. The van der Waals surface area contributed by atoms with Crippen molar-refractivity contribution in [1.29, 1.82) is 0 Å². The van der Waals surface area contributed by atoms with Crippen LogP contribution in [0, 0.1) is 0 Å². The summed E-state index contributed by atoms with van der Waals surface area (Å²) in [5.74, 6) is -0.244. The Morgan fingerprint density at radius 3 is 2.48 bits per heavy atom. The van der Waals surface area contributed by atoms with Gasteiger partial charge in [-0.1, -0.05) is 18.2 Å². The topological polar surface area (TPSA) is 82.2 Å². The van der Waals surface area contributed by atoms with Crippen LogP contribution >= 0.6 is 0 Å². The van der Waals surface area contributed by atoms with Crippen molar-refractivity contribution in [3.63, 3.8) is 0 Å². The first-order valence-corrected chi connectivity index (χ1v) is 11.0. The van der Waals surface area contributed by atoms with Crippen LogP contribution < -0.4 is 10.2 Å². The molecule has 0 bridgehead atoms. The van der Waals surface area contributed by atoms with Crippen LogP contribution in [0.4, 0.5) is 10.5 Å². The lowest BCUT2D eigenvalue weighted by Gasteiger charge is -2.31. The summed E-state index contributed by atoms with van der Waals surface area (Å²) < 4.78 is 5.60. The number of ether oxygens (including phenoxy) is 1. The first kappa shape index (κ1) is 22.9. The predicted octanol–water partition coefficient (Wildman–Crippen LogP) is 2.37. The lowest BCUT2D eigenvalue weighted by molar-refractivity contribution is -0.131. The van der Waals surface area contributed by atoms with Crippen molar-refractivity contribution in [3.8, 4) is 0 Å². The van der Waals surface area contributed by atoms with E-state index in [4.69, 9.17) is 4.74 Å². The molecule has 0 aromatic heterocycles. The van der Waals surface area contributed by atoms with E-state index >= 15 is 0 Å². The van der Waals surface area contributed by atoms with Crippen molar-refractivity contribution >= 4 is 23.6 Å². The van der Waals surface area contributed by atoms with Crippen LogP contribution in [0.15, 0.2) is 24.3 Å². The molecule has 1 aromatic rings. The molecule has 8 heteroatoms. The lowest BCUT2D eigenvalue weighted by Crippen LogP contribution is -2.47. The van der Waals surface area contributed by atoms with Crippen molar-refractivity contribution in [1.82, 2.24) is 15.1 Å². The van der Waals surface area contributed by atoms with Crippen molar-refractivity contribution < 1.29 is 19.1 Å². The number of amides is 3. The summed E-state index contributed by atoms with van der Waals surface area (Å²) in [6.07, 6.45) is 1.68. The molecule has 0 spiro atoms. The number of anilines is 1. The number of hydrogen-bond acceptors (Lipinski definition) is 5. The third kappa shape index (κ3) is 6.12. The van der Waals surface area contributed by atoms with Gasteiger partial charge >= 0.3 is 6.09 Å². The SMILES string of the molecule is C[C@H]1CN(CC(=O)NCC(=O)N2CCCC2)c2ccccc2CN1C(=O)OC(C)(C)C. The fraction of sp³-hybridized carbons (Fsp3) is 0.609. The molecule has 0 unspecified atom stereocenters. The highest BCUT2D eigenvalue weighted by atomic mass is 16.6. The molecule has 3 amide bonds. The number of likely N-dealkylation sites (tertiary alicyclic amines) is 1. The average Bonchev–Trinajstić information content (AvgIpc) is 3.19. The van der Waals surface area contributed by atoms with Crippen LogP contribution in [0.5, 0.6) is 0 Å². The van der Waals surface area contributed by atoms with Crippen molar-refractivity contribution in [3.05, 3.63) is 29.8 Å². The van der Waals surface area contributed by atoms with Gasteiger partial charge in [0.2, 0.25) is 11.8 Å². The number of hydrogen-bond donors (Lipinski definition) is 1. The molecule has 1 N–H and O–H groups in total. The van der Waals surface area contributed by atoms with Crippen LogP contribution in [0.3, 0.4) is 0 Å². The van der Waals surface area contributed by atoms with E-state index in [2.05, 4.69) is 5.32 Å². The van der Waals surface area contributed by atoms with Crippen LogP contribution in [0.25, 0.3) is 0 Å². The molecule has 0 aliphatic carbocycles. The van der Waals surface area contributed by atoms with Crippen molar-refractivity contribution in [2.45, 2.75) is 58.7 Å². The molecule has 0 saturated carbocycles. The quantitative estimate of drug-likeness (QED) is 0.793. The third-order valence-electron chi connectivity index (χ3n) is 5.55. The number of carbonyl (C=O) groups excluding carboxylic acids is 3. The average molecular weight is 431 g/mol. The third-order valence-corrected chi connectivity index (χ3v) is 5.55. The molecule has 0 radical (unpaired) electrons. The van der Waals surface area contributed by atoms with Crippen LogP contribution in [-0.4, -0.2) is 72.1 Å². The molecule has 1 fully saturated rings. The molecule has 2 aliphatic rings. The van der Waals surface area contributed by atoms with Gasteiger partial charge in [-0.2, -0.15) is 0 Å². The highest BCUT2D eigenvalue weighted by Gasteiger charge is 2.32. The number of carbonyl (C=O) groups is 3. The molecule has 2 heterocycles. The number of para-hydroxylation sites is 1. The molecule has 170 valence electrons. The minimum Gasteiger partial charge on any atom is -0.444 e. The molecule has 3 rings (SSSR count). The Balaban J connectivity index is 1.67. The Kier molecular flexibility index (Phi) is 7.08. The predicted molar refractivity (Wildman–Crippen MR) is 119 cm³/mol. The van der Waals surface area contributed by atoms with Gasteiger partial charge in [0.15, 0.2) is 0 Å². The smallest absolute Gasteiger partial charge is 0.410 e. The van der Waals surface area contributed by atoms with Gasteiger partial charge in [-0.25, -0.2) is 4.79 Å². The fourth-order valence-corrected chi connectivity index (χ4v) is 4.00. The normalized spacial score (nSPS) is 19.0. The Labute approximate surface area is 184 Å². The van der Waals surface area contributed by atoms with E-state index in [1.807, 2.05) is 56.9 Å². The van der Waals surface area contributed by atoms with Gasteiger partial charge in [-0.3, -0.25) is 14.5 Å². The summed E-state index contributed by atoms with van der Waals surface area (Å²) in [6, 6.07) is 7.63. The van der Waals surface area contributed by atoms with Crippen LogP contribution in [-0.2, 0) is 20.9 Å². The van der Waals surface area contributed by atoms with E-state index in [1.54, 1.807) is 9.80 Å².